The van der Waals surface area contributed by atoms with Crippen LogP contribution in [0.1, 0.15) is 11.3 Å². The van der Waals surface area contributed by atoms with Crippen molar-refractivity contribution in [3.05, 3.63) is 65.6 Å². The number of likely N-dealkylation sites (N-methyl/N-ethyl adjacent to an activating group) is 1. The predicted octanol–water partition coefficient (Wildman–Crippen LogP) is 3.83. The number of carbonyl (C=O) groups excluding carboxylic acids is 1. The average molecular weight is 349 g/mol. The van der Waals surface area contributed by atoms with Gasteiger partial charge in [-0.2, -0.15) is 0 Å². The number of anilines is 1. The first-order valence-electron chi connectivity index (χ1n) is 8.59. The predicted molar refractivity (Wildman–Crippen MR) is 103 cm³/mol. The zero-order chi connectivity index (χ0) is 18.3. The van der Waals surface area contributed by atoms with Gasteiger partial charge in [-0.1, -0.05) is 18.2 Å². The third-order valence-corrected chi connectivity index (χ3v) is 4.67. The summed E-state index contributed by atoms with van der Waals surface area (Å²) in [5.74, 6) is -0.547. The molecule has 4 nitrogen and oxygen atoms in total. The van der Waals surface area contributed by atoms with Crippen LogP contribution in [0.25, 0.3) is 22.6 Å². The number of carbonyl (C=O) groups is 1. The van der Waals surface area contributed by atoms with Crippen LogP contribution in [0.15, 0.2) is 48.5 Å². The van der Waals surface area contributed by atoms with Crippen LogP contribution in [0, 0.1) is 5.82 Å². The van der Waals surface area contributed by atoms with E-state index in [1.54, 1.807) is 6.07 Å². The number of hydrogen-bond acceptors (Lipinski definition) is 2. The first kappa shape index (κ1) is 16.5. The van der Waals surface area contributed by atoms with E-state index in [9.17, 15) is 9.18 Å². The summed E-state index contributed by atoms with van der Waals surface area (Å²) in [4.78, 5) is 14.5. The Morgan fingerprint density at radius 2 is 1.96 bits per heavy atom. The number of amides is 1. The molecule has 1 aromatic heterocycles. The fourth-order valence-electron chi connectivity index (χ4n) is 3.35. The van der Waals surface area contributed by atoms with Crippen molar-refractivity contribution < 1.29 is 9.18 Å². The molecule has 0 atom stereocenters. The summed E-state index contributed by atoms with van der Waals surface area (Å²) in [5.41, 5.74) is 3.82. The smallest absolute Gasteiger partial charge is 0.256 e. The minimum absolute atomic E-state index is 0.199. The lowest BCUT2D eigenvalue weighted by molar-refractivity contribution is -0.110. The first-order chi connectivity index (χ1) is 12.5. The van der Waals surface area contributed by atoms with Crippen LogP contribution in [0.3, 0.4) is 0 Å². The third kappa shape index (κ3) is 2.91. The second kappa shape index (κ2) is 6.42. The van der Waals surface area contributed by atoms with E-state index in [1.165, 1.54) is 12.1 Å². The summed E-state index contributed by atoms with van der Waals surface area (Å²) in [6.07, 6.45) is 1.86. The Hall–Kier alpha value is -2.92. The monoisotopic (exact) mass is 349 g/mol. The lowest BCUT2D eigenvalue weighted by Gasteiger charge is -2.13. The van der Waals surface area contributed by atoms with Crippen molar-refractivity contribution in [3.63, 3.8) is 0 Å². The van der Waals surface area contributed by atoms with Crippen molar-refractivity contribution in [2.75, 3.05) is 26.0 Å². The fourth-order valence-corrected chi connectivity index (χ4v) is 3.35. The van der Waals surface area contributed by atoms with Gasteiger partial charge in [-0.25, -0.2) is 4.39 Å². The molecule has 1 aliphatic rings. The molecular weight excluding hydrogens is 329 g/mol. The molecule has 5 heteroatoms. The highest BCUT2D eigenvalue weighted by Crippen LogP contribution is 2.34. The molecule has 0 saturated heterocycles. The molecule has 0 aliphatic carbocycles. The van der Waals surface area contributed by atoms with Crippen LogP contribution in [-0.2, 0) is 11.3 Å². The van der Waals surface area contributed by atoms with Crippen LogP contribution in [0.4, 0.5) is 10.1 Å². The molecule has 0 spiro atoms. The van der Waals surface area contributed by atoms with Gasteiger partial charge in [0, 0.05) is 40.9 Å². The van der Waals surface area contributed by atoms with Crippen LogP contribution >= 0.6 is 0 Å². The number of benzene rings is 2. The first-order valence-corrected chi connectivity index (χ1v) is 8.59. The molecule has 0 radical (unpaired) electrons. The Morgan fingerprint density at radius 3 is 2.77 bits per heavy atom. The molecule has 1 N–H and O–H groups in total. The van der Waals surface area contributed by atoms with Gasteiger partial charge in [0.2, 0.25) is 0 Å². The van der Waals surface area contributed by atoms with Crippen molar-refractivity contribution in [1.29, 1.82) is 0 Å². The molecule has 0 unspecified atom stereocenters. The maximum Gasteiger partial charge on any atom is 0.256 e. The van der Waals surface area contributed by atoms with E-state index in [0.29, 0.717) is 16.8 Å². The Labute approximate surface area is 151 Å². The number of rotatable bonds is 4. The molecule has 0 fully saturated rings. The molecule has 4 rings (SSSR count). The Balaban J connectivity index is 1.85. The lowest BCUT2D eigenvalue weighted by atomic mass is 10.1. The van der Waals surface area contributed by atoms with Crippen molar-refractivity contribution in [1.82, 2.24) is 9.47 Å². The van der Waals surface area contributed by atoms with Gasteiger partial charge in [0.05, 0.1) is 5.57 Å². The second-order valence-electron chi connectivity index (χ2n) is 6.78. The van der Waals surface area contributed by atoms with Gasteiger partial charge in [-0.15, -0.1) is 0 Å². The summed E-state index contributed by atoms with van der Waals surface area (Å²) in [5, 5.41) is 3.93. The largest absolute Gasteiger partial charge is 0.340 e. The van der Waals surface area contributed by atoms with E-state index >= 15 is 0 Å². The van der Waals surface area contributed by atoms with Crippen LogP contribution < -0.4 is 5.32 Å². The SMILES string of the molecule is CN(C)CCn1c(/C=C2\C(=O)Nc3ccc(F)cc32)cc2ccccc21. The Bertz CT molecular complexity index is 1030. The number of nitrogens with one attached hydrogen (secondary N) is 1. The Morgan fingerprint density at radius 1 is 1.15 bits per heavy atom. The summed E-state index contributed by atoms with van der Waals surface area (Å²) in [6, 6.07) is 14.6. The van der Waals surface area contributed by atoms with E-state index in [0.717, 1.165) is 29.7 Å². The van der Waals surface area contributed by atoms with Gasteiger partial charge in [0.1, 0.15) is 5.82 Å². The van der Waals surface area contributed by atoms with Gasteiger partial charge < -0.3 is 14.8 Å². The maximum absolute atomic E-state index is 13.7. The molecule has 1 amide bonds. The zero-order valence-corrected chi connectivity index (χ0v) is 14.8. The van der Waals surface area contributed by atoms with Crippen LogP contribution in [-0.4, -0.2) is 36.0 Å². The number of para-hydroxylation sites is 1. The van der Waals surface area contributed by atoms with Crippen molar-refractivity contribution in [2.24, 2.45) is 0 Å². The normalized spacial score (nSPS) is 15.1. The Kier molecular flexibility index (Phi) is 4.09. The average Bonchev–Trinajstić information content (AvgIpc) is 3.11. The van der Waals surface area contributed by atoms with Gasteiger partial charge >= 0.3 is 0 Å². The van der Waals surface area contributed by atoms with Gasteiger partial charge in [0.25, 0.3) is 5.91 Å². The van der Waals surface area contributed by atoms with Gasteiger partial charge in [-0.05, 0) is 50.5 Å². The summed E-state index contributed by atoms with van der Waals surface area (Å²) < 4.78 is 15.9. The van der Waals surface area contributed by atoms with Crippen molar-refractivity contribution in [2.45, 2.75) is 6.54 Å². The highest BCUT2D eigenvalue weighted by atomic mass is 19.1. The molecule has 2 heterocycles. The minimum atomic E-state index is -0.348. The number of aromatic nitrogens is 1. The van der Waals surface area contributed by atoms with E-state index < -0.39 is 0 Å². The zero-order valence-electron chi connectivity index (χ0n) is 14.8. The molecule has 26 heavy (non-hydrogen) atoms. The van der Waals surface area contributed by atoms with E-state index in [-0.39, 0.29) is 11.7 Å². The molecule has 1 aliphatic heterocycles. The number of hydrogen-bond donors (Lipinski definition) is 1. The number of halogens is 1. The molecular formula is C21H20FN3O. The highest BCUT2D eigenvalue weighted by molar-refractivity contribution is 6.34. The molecule has 0 saturated carbocycles. The molecule has 132 valence electrons. The number of nitrogens with zero attached hydrogens (tertiary/aromatic N) is 2. The molecule has 0 bridgehead atoms. The quantitative estimate of drug-likeness (QED) is 0.727. The van der Waals surface area contributed by atoms with Crippen molar-refractivity contribution in [3.8, 4) is 0 Å². The van der Waals surface area contributed by atoms with Crippen molar-refractivity contribution >= 4 is 34.1 Å². The summed E-state index contributed by atoms with van der Waals surface area (Å²) in [6.45, 7) is 1.68. The van der Waals surface area contributed by atoms with Crippen LogP contribution in [0.5, 0.6) is 0 Å². The molecule has 3 aromatic rings. The highest BCUT2D eigenvalue weighted by Gasteiger charge is 2.25. The summed E-state index contributed by atoms with van der Waals surface area (Å²) >= 11 is 0. The minimum Gasteiger partial charge on any atom is -0.340 e. The van der Waals surface area contributed by atoms with E-state index in [2.05, 4.69) is 33.0 Å². The fraction of sp³-hybridized carbons (Fsp3) is 0.190. The summed E-state index contributed by atoms with van der Waals surface area (Å²) in [7, 11) is 4.07. The van der Waals surface area contributed by atoms with Crippen LogP contribution in [0.2, 0.25) is 0 Å². The standard InChI is InChI=1S/C21H20FN3O/c1-24(2)9-10-25-16(11-14-5-3-4-6-20(14)25)13-18-17-12-15(22)7-8-19(17)23-21(18)26/h3-8,11-13H,9-10H2,1-2H3,(H,23,26)/b18-13-. The number of fused-ring (bicyclic) bond motifs is 2. The molecule has 2 aromatic carbocycles. The topological polar surface area (TPSA) is 37.3 Å². The second-order valence-corrected chi connectivity index (χ2v) is 6.78. The maximum atomic E-state index is 13.7. The van der Waals surface area contributed by atoms with Gasteiger partial charge in [-0.3, -0.25) is 4.79 Å². The third-order valence-electron chi connectivity index (χ3n) is 4.67. The lowest BCUT2D eigenvalue weighted by Crippen LogP contribution is -2.19. The van der Waals surface area contributed by atoms with E-state index in [4.69, 9.17) is 0 Å². The van der Waals surface area contributed by atoms with Gasteiger partial charge in [0.15, 0.2) is 0 Å². The van der Waals surface area contributed by atoms with E-state index in [1.807, 2.05) is 32.3 Å².